The maximum atomic E-state index is 13.4. The minimum absolute atomic E-state index is 0.0158. The van der Waals surface area contributed by atoms with Gasteiger partial charge in [-0.1, -0.05) is 12.1 Å². The molecule has 0 spiro atoms. The fourth-order valence-electron chi connectivity index (χ4n) is 4.34. The third-order valence-electron chi connectivity index (χ3n) is 6.21. The van der Waals surface area contributed by atoms with E-state index >= 15 is 0 Å². The second-order valence-corrected chi connectivity index (χ2v) is 8.48. The molecule has 0 unspecified atom stereocenters. The minimum atomic E-state index is -4.62. The Morgan fingerprint density at radius 2 is 1.89 bits per heavy atom. The lowest BCUT2D eigenvalue weighted by molar-refractivity contribution is -0.577. The molecule has 1 aliphatic rings. The molecule has 4 heterocycles. The minimum Gasteiger partial charge on any atom is -0.618 e. The molecule has 1 amide bonds. The van der Waals surface area contributed by atoms with Gasteiger partial charge >= 0.3 is 6.18 Å². The number of amides is 1. The van der Waals surface area contributed by atoms with Crippen molar-refractivity contribution >= 4 is 34.1 Å². The molecular weight excluding hydrogens is 487 g/mol. The molecule has 0 bridgehead atoms. The lowest BCUT2D eigenvalue weighted by Gasteiger charge is -2.24. The van der Waals surface area contributed by atoms with E-state index in [-0.39, 0.29) is 36.0 Å². The van der Waals surface area contributed by atoms with E-state index in [0.29, 0.717) is 28.6 Å². The van der Waals surface area contributed by atoms with Gasteiger partial charge in [0, 0.05) is 38.3 Å². The van der Waals surface area contributed by atoms with Crippen LogP contribution in [0.4, 0.5) is 30.5 Å². The van der Waals surface area contributed by atoms with Crippen molar-refractivity contribution < 1.29 is 27.4 Å². The van der Waals surface area contributed by atoms with E-state index in [9.17, 15) is 23.2 Å². The smallest absolute Gasteiger partial charge is 0.433 e. The molecular formula is C26H22F3N5O3. The molecule has 0 radical (unpaired) electrons. The molecule has 4 aromatic rings. The van der Waals surface area contributed by atoms with Crippen LogP contribution >= 0.6 is 0 Å². The van der Waals surface area contributed by atoms with E-state index in [1.54, 1.807) is 43.5 Å². The van der Waals surface area contributed by atoms with Gasteiger partial charge in [-0.25, -0.2) is 9.97 Å². The Balaban J connectivity index is 1.43. The molecule has 5 rings (SSSR count). The Kier molecular flexibility index (Phi) is 6.06. The molecule has 0 aliphatic carbocycles. The van der Waals surface area contributed by atoms with Crippen molar-refractivity contribution in [3.63, 3.8) is 0 Å². The summed E-state index contributed by atoms with van der Waals surface area (Å²) in [5, 5.41) is 12.7. The van der Waals surface area contributed by atoms with E-state index in [1.807, 2.05) is 6.07 Å². The third kappa shape index (κ3) is 4.37. The summed E-state index contributed by atoms with van der Waals surface area (Å²) in [5.74, 6) is 0.407. The van der Waals surface area contributed by atoms with E-state index in [4.69, 9.17) is 4.74 Å². The fourth-order valence-corrected chi connectivity index (χ4v) is 4.34. The summed E-state index contributed by atoms with van der Waals surface area (Å²) in [7, 11) is 1.50. The van der Waals surface area contributed by atoms with Gasteiger partial charge in [-0.15, -0.1) is 0 Å². The number of ether oxygens (including phenoxy) is 1. The SMILES string of the molecule is CCN1c2ncc(CCOc3cc[n+]([O-])c4ccccc34)cc2C(=O)N(C)c2ccc(C(F)(F)F)nc21. The van der Waals surface area contributed by atoms with E-state index in [2.05, 4.69) is 9.97 Å². The first-order valence-electron chi connectivity index (χ1n) is 11.6. The Morgan fingerprint density at radius 3 is 2.65 bits per heavy atom. The zero-order chi connectivity index (χ0) is 26.3. The number of halogens is 3. The van der Waals surface area contributed by atoms with Crippen LogP contribution in [0.2, 0.25) is 0 Å². The van der Waals surface area contributed by atoms with Crippen molar-refractivity contribution in [3.05, 3.63) is 83.0 Å². The van der Waals surface area contributed by atoms with Crippen LogP contribution < -0.4 is 19.3 Å². The highest BCUT2D eigenvalue weighted by molar-refractivity contribution is 6.12. The number of nitrogens with zero attached hydrogens (tertiary/aromatic N) is 5. The predicted octanol–water partition coefficient (Wildman–Crippen LogP) is 4.65. The molecule has 37 heavy (non-hydrogen) atoms. The van der Waals surface area contributed by atoms with Crippen LogP contribution in [0.5, 0.6) is 5.75 Å². The molecule has 0 saturated heterocycles. The first-order valence-corrected chi connectivity index (χ1v) is 11.6. The molecule has 1 aromatic carbocycles. The zero-order valence-corrected chi connectivity index (χ0v) is 20.0. The second-order valence-electron chi connectivity index (χ2n) is 8.48. The molecule has 3 aromatic heterocycles. The predicted molar refractivity (Wildman–Crippen MR) is 131 cm³/mol. The van der Waals surface area contributed by atoms with E-state index in [0.717, 1.165) is 10.8 Å². The largest absolute Gasteiger partial charge is 0.618 e. The number of benzene rings is 1. The van der Waals surface area contributed by atoms with Crippen molar-refractivity contribution in [2.45, 2.75) is 19.5 Å². The van der Waals surface area contributed by atoms with Crippen molar-refractivity contribution in [2.75, 3.05) is 30.0 Å². The number of carbonyl (C=O) groups is 1. The van der Waals surface area contributed by atoms with Crippen LogP contribution in [-0.4, -0.2) is 36.1 Å². The fraction of sp³-hybridized carbons (Fsp3) is 0.231. The Morgan fingerprint density at radius 1 is 1.11 bits per heavy atom. The number of hydrogen-bond donors (Lipinski definition) is 0. The van der Waals surface area contributed by atoms with Crippen molar-refractivity contribution in [1.29, 1.82) is 0 Å². The first kappa shape index (κ1) is 24.3. The molecule has 0 saturated carbocycles. The molecule has 190 valence electrons. The number of alkyl halides is 3. The van der Waals surface area contributed by atoms with Crippen molar-refractivity contribution in [1.82, 2.24) is 9.97 Å². The van der Waals surface area contributed by atoms with Crippen LogP contribution in [0.1, 0.15) is 28.5 Å². The number of para-hydroxylation sites is 1. The molecule has 8 nitrogen and oxygen atoms in total. The van der Waals surface area contributed by atoms with Gasteiger partial charge in [-0.3, -0.25) is 4.79 Å². The number of carbonyl (C=O) groups excluding carboxylic acids is 1. The molecule has 0 atom stereocenters. The van der Waals surface area contributed by atoms with Crippen LogP contribution in [0.3, 0.4) is 0 Å². The standard InChI is InChI=1S/C26H22F3N5O3/c1-3-33-23-18(25(35)32(2)20-8-9-22(26(27,28)29)31-24(20)33)14-16(15-30-23)11-13-37-21-10-12-34(36)19-7-5-4-6-17(19)21/h4-10,12,14-15H,3,11,13H2,1-2H3. The number of rotatable bonds is 5. The van der Waals surface area contributed by atoms with Crippen LogP contribution in [0.25, 0.3) is 10.9 Å². The Labute approximate surface area is 210 Å². The van der Waals surface area contributed by atoms with Gasteiger partial charge in [-0.2, -0.15) is 17.9 Å². The molecule has 0 N–H and O–H groups in total. The summed E-state index contributed by atoms with van der Waals surface area (Å²) in [6.45, 7) is 2.27. The Bertz CT molecular complexity index is 1510. The number of anilines is 3. The topological polar surface area (TPSA) is 85.5 Å². The summed E-state index contributed by atoms with van der Waals surface area (Å²) in [6.07, 6.45) is -1.26. The van der Waals surface area contributed by atoms with Gasteiger partial charge in [0.05, 0.1) is 23.2 Å². The molecule has 0 fully saturated rings. The summed E-state index contributed by atoms with van der Waals surface area (Å²) >= 11 is 0. The zero-order valence-electron chi connectivity index (χ0n) is 20.0. The summed E-state index contributed by atoms with van der Waals surface area (Å²) in [6, 6.07) is 12.5. The van der Waals surface area contributed by atoms with Gasteiger partial charge in [0.2, 0.25) is 5.52 Å². The Hall–Kier alpha value is -4.41. The van der Waals surface area contributed by atoms with Crippen molar-refractivity contribution in [2.24, 2.45) is 0 Å². The highest BCUT2D eigenvalue weighted by Gasteiger charge is 2.36. The molecule has 11 heteroatoms. The van der Waals surface area contributed by atoms with E-state index < -0.39 is 17.8 Å². The van der Waals surface area contributed by atoms with Gasteiger partial charge < -0.3 is 19.7 Å². The summed E-state index contributed by atoms with van der Waals surface area (Å²) < 4.78 is 46.8. The number of aromatic nitrogens is 3. The number of pyridine rings is 3. The average molecular weight is 509 g/mol. The first-order chi connectivity index (χ1) is 17.7. The van der Waals surface area contributed by atoms with Crippen LogP contribution in [0, 0.1) is 5.21 Å². The highest BCUT2D eigenvalue weighted by atomic mass is 19.4. The lowest BCUT2D eigenvalue weighted by Crippen LogP contribution is -2.26. The van der Waals surface area contributed by atoms with Crippen LogP contribution in [-0.2, 0) is 12.6 Å². The van der Waals surface area contributed by atoms with Crippen molar-refractivity contribution in [3.8, 4) is 5.75 Å². The third-order valence-corrected chi connectivity index (χ3v) is 6.21. The van der Waals surface area contributed by atoms with Crippen LogP contribution in [0.15, 0.2) is 60.9 Å². The maximum Gasteiger partial charge on any atom is 0.433 e. The summed E-state index contributed by atoms with van der Waals surface area (Å²) in [4.78, 5) is 24.4. The maximum absolute atomic E-state index is 13.4. The number of hydrogen-bond acceptors (Lipinski definition) is 6. The van der Waals surface area contributed by atoms with E-state index in [1.165, 1.54) is 29.1 Å². The quantitative estimate of drug-likeness (QED) is 0.288. The number of fused-ring (bicyclic) bond motifs is 3. The van der Waals surface area contributed by atoms with Gasteiger partial charge in [0.15, 0.2) is 12.0 Å². The normalized spacial score (nSPS) is 13.4. The summed E-state index contributed by atoms with van der Waals surface area (Å²) in [5.41, 5.74) is 0.673. The second kappa shape index (κ2) is 9.23. The van der Waals surface area contributed by atoms with Gasteiger partial charge in [-0.05, 0) is 36.8 Å². The molecule has 1 aliphatic heterocycles. The van der Waals surface area contributed by atoms with Gasteiger partial charge in [0.1, 0.15) is 17.3 Å². The van der Waals surface area contributed by atoms with Gasteiger partial charge in [0.25, 0.3) is 5.91 Å². The lowest BCUT2D eigenvalue weighted by atomic mass is 10.1. The average Bonchev–Trinajstić information content (AvgIpc) is 2.97. The highest BCUT2D eigenvalue weighted by Crippen LogP contribution is 2.40. The monoisotopic (exact) mass is 509 g/mol.